The van der Waals surface area contributed by atoms with E-state index >= 15 is 0 Å². The number of esters is 1. The zero-order valence-corrected chi connectivity index (χ0v) is 40.6. The van der Waals surface area contributed by atoms with Crippen LogP contribution >= 0.6 is 7.82 Å². The summed E-state index contributed by atoms with van der Waals surface area (Å²) in [5, 5.41) is 12.8. The van der Waals surface area contributed by atoms with Gasteiger partial charge in [0.15, 0.2) is 0 Å². The number of aliphatic hydroxyl groups excluding tert-OH is 1. The van der Waals surface area contributed by atoms with E-state index in [4.69, 9.17) is 13.8 Å². The van der Waals surface area contributed by atoms with Gasteiger partial charge in [-0.1, -0.05) is 251 Å². The molecule has 0 saturated carbocycles. The Kier molecular flexibility index (Phi) is 46.7. The fraction of sp³-hybridized carbons (Fsp3) is 0.960. The first-order valence-corrected chi connectivity index (χ1v) is 27.5. The molecule has 0 aromatic carbocycles. The molecule has 358 valence electrons. The van der Waals surface area contributed by atoms with Gasteiger partial charge >= 0.3 is 13.8 Å². The fourth-order valence-electron chi connectivity index (χ4n) is 7.86. The molecule has 0 radical (unpaired) electrons. The molecule has 0 heterocycles. The maximum atomic E-state index is 12.1. The molecule has 0 aromatic rings. The highest BCUT2D eigenvalue weighted by Crippen LogP contribution is 2.42. The molecule has 0 aromatic heterocycles. The van der Waals surface area contributed by atoms with Crippen LogP contribution in [0.25, 0.3) is 0 Å². The van der Waals surface area contributed by atoms with Crippen molar-refractivity contribution in [1.82, 2.24) is 5.32 Å². The molecule has 0 bridgehead atoms. The van der Waals surface area contributed by atoms with Crippen molar-refractivity contribution < 1.29 is 37.9 Å². The number of phosphoric ester groups is 1. The molecule has 2 atom stereocenters. The van der Waals surface area contributed by atoms with Gasteiger partial charge in [0.1, 0.15) is 12.7 Å². The van der Waals surface area contributed by atoms with Gasteiger partial charge in [0.05, 0.1) is 13.2 Å². The zero-order chi connectivity index (χ0) is 43.9. The standard InChI is InChI=1S/C50H100NO8P/c1-3-5-7-9-11-13-15-17-19-21-23-25-27-29-31-33-35-37-39-41-43-50(54)57-46-48(52)47-59-60(55,56)58-45-44-51-49(53)42-40-38-36-34-32-30-28-26-24-22-20-18-16-14-12-10-8-6-4-2/h48,52H,3-47H2,1-2H3,(H,51,53)(H,55,56). The van der Waals surface area contributed by atoms with Crippen LogP contribution in [-0.4, -0.2) is 54.3 Å². The Morgan fingerprint density at radius 3 is 1.08 bits per heavy atom. The molecule has 1 amide bonds. The van der Waals surface area contributed by atoms with E-state index < -0.39 is 26.5 Å². The molecule has 2 unspecified atom stereocenters. The lowest BCUT2D eigenvalue weighted by Crippen LogP contribution is -2.27. The number of hydrogen-bond donors (Lipinski definition) is 3. The number of hydrogen-bond acceptors (Lipinski definition) is 7. The molecule has 0 aliphatic heterocycles. The van der Waals surface area contributed by atoms with Crippen molar-refractivity contribution >= 4 is 19.7 Å². The summed E-state index contributed by atoms with van der Waals surface area (Å²) in [5.41, 5.74) is 0. The first kappa shape index (κ1) is 59.0. The summed E-state index contributed by atoms with van der Waals surface area (Å²) in [5.74, 6) is -0.497. The van der Waals surface area contributed by atoms with Gasteiger partial charge in [0.2, 0.25) is 5.91 Å². The van der Waals surface area contributed by atoms with Gasteiger partial charge in [-0.15, -0.1) is 0 Å². The highest BCUT2D eigenvalue weighted by atomic mass is 31.2. The summed E-state index contributed by atoms with van der Waals surface area (Å²) in [6.07, 6.45) is 50.4. The van der Waals surface area contributed by atoms with Crippen molar-refractivity contribution in [3.63, 3.8) is 0 Å². The van der Waals surface area contributed by atoms with Crippen molar-refractivity contribution in [2.75, 3.05) is 26.4 Å². The highest BCUT2D eigenvalue weighted by molar-refractivity contribution is 7.47. The lowest BCUT2D eigenvalue weighted by molar-refractivity contribution is -0.147. The number of rotatable bonds is 50. The summed E-state index contributed by atoms with van der Waals surface area (Å²) in [6.45, 7) is 3.63. The average Bonchev–Trinajstić information content (AvgIpc) is 3.23. The van der Waals surface area contributed by atoms with Crippen LogP contribution in [0.2, 0.25) is 0 Å². The number of phosphoric acid groups is 1. The SMILES string of the molecule is CCCCCCCCCCCCCCCCCCCCCCC(=O)OCC(O)COP(=O)(O)OCCNC(=O)CCCCCCCCCCCCCCCCCCCCC. The van der Waals surface area contributed by atoms with Crippen molar-refractivity contribution in [3.05, 3.63) is 0 Å². The molecule has 9 nitrogen and oxygen atoms in total. The van der Waals surface area contributed by atoms with E-state index in [0.29, 0.717) is 12.8 Å². The summed E-state index contributed by atoms with van der Waals surface area (Å²) in [7, 11) is -4.41. The lowest BCUT2D eigenvalue weighted by atomic mass is 10.0. The molecule has 0 saturated heterocycles. The smallest absolute Gasteiger partial charge is 0.463 e. The van der Waals surface area contributed by atoms with Crippen LogP contribution in [0.4, 0.5) is 0 Å². The summed E-state index contributed by atoms with van der Waals surface area (Å²) in [6, 6.07) is 0. The van der Waals surface area contributed by atoms with Crippen molar-refractivity contribution in [2.24, 2.45) is 0 Å². The number of aliphatic hydroxyl groups is 1. The quantitative estimate of drug-likeness (QED) is 0.0313. The molecule has 60 heavy (non-hydrogen) atoms. The normalized spacial score (nSPS) is 13.1. The molecule has 10 heteroatoms. The Hall–Kier alpha value is -0.990. The Bertz CT molecular complexity index is 953. The lowest BCUT2D eigenvalue weighted by Gasteiger charge is -2.15. The van der Waals surface area contributed by atoms with E-state index in [-0.39, 0.29) is 25.7 Å². The molecule has 3 N–H and O–H groups in total. The fourth-order valence-corrected chi connectivity index (χ4v) is 8.61. The highest BCUT2D eigenvalue weighted by Gasteiger charge is 2.23. The van der Waals surface area contributed by atoms with Gasteiger partial charge in [0, 0.05) is 19.4 Å². The maximum Gasteiger partial charge on any atom is 0.472 e. The van der Waals surface area contributed by atoms with Crippen molar-refractivity contribution in [1.29, 1.82) is 0 Å². The third kappa shape index (κ3) is 48.0. The first-order chi connectivity index (χ1) is 29.3. The van der Waals surface area contributed by atoms with E-state index in [9.17, 15) is 24.2 Å². The number of carbonyl (C=O) groups is 2. The molecule has 0 spiro atoms. The third-order valence-corrected chi connectivity index (χ3v) is 12.8. The monoisotopic (exact) mass is 874 g/mol. The third-order valence-electron chi connectivity index (χ3n) is 11.8. The second-order valence-corrected chi connectivity index (χ2v) is 19.3. The second kappa shape index (κ2) is 47.5. The van der Waals surface area contributed by atoms with E-state index in [2.05, 4.69) is 19.2 Å². The van der Waals surface area contributed by atoms with Gasteiger partial charge in [0.25, 0.3) is 0 Å². The molecule has 0 aliphatic carbocycles. The molecule has 0 rings (SSSR count). The summed E-state index contributed by atoms with van der Waals surface area (Å²) in [4.78, 5) is 34.1. The van der Waals surface area contributed by atoms with Crippen LogP contribution in [-0.2, 0) is 27.9 Å². The summed E-state index contributed by atoms with van der Waals surface area (Å²) >= 11 is 0. The van der Waals surface area contributed by atoms with Gasteiger partial charge in [-0.3, -0.25) is 18.6 Å². The summed E-state index contributed by atoms with van der Waals surface area (Å²) < 4.78 is 27.0. The van der Waals surface area contributed by atoms with Crippen LogP contribution in [0.3, 0.4) is 0 Å². The second-order valence-electron chi connectivity index (χ2n) is 17.9. The molecular formula is C50H100NO8P. The van der Waals surface area contributed by atoms with Crippen LogP contribution in [0.1, 0.15) is 277 Å². The number of nitrogens with one attached hydrogen (secondary N) is 1. The number of carbonyl (C=O) groups excluding carboxylic acids is 2. The van der Waals surface area contributed by atoms with Gasteiger partial charge in [-0.05, 0) is 12.8 Å². The maximum absolute atomic E-state index is 12.1. The van der Waals surface area contributed by atoms with E-state index in [1.165, 1.54) is 212 Å². The number of unbranched alkanes of at least 4 members (excludes halogenated alkanes) is 37. The zero-order valence-electron chi connectivity index (χ0n) is 39.7. The topological polar surface area (TPSA) is 131 Å². The van der Waals surface area contributed by atoms with Gasteiger partial charge in [-0.2, -0.15) is 0 Å². The van der Waals surface area contributed by atoms with E-state index in [1.54, 1.807) is 0 Å². The van der Waals surface area contributed by atoms with Crippen LogP contribution < -0.4 is 5.32 Å². The predicted molar refractivity (Wildman–Crippen MR) is 252 cm³/mol. The van der Waals surface area contributed by atoms with Crippen LogP contribution in [0, 0.1) is 0 Å². The average molecular weight is 874 g/mol. The van der Waals surface area contributed by atoms with Crippen molar-refractivity contribution in [2.45, 2.75) is 283 Å². The van der Waals surface area contributed by atoms with Gasteiger partial charge in [-0.25, -0.2) is 4.57 Å². The molecule has 0 aliphatic rings. The van der Waals surface area contributed by atoms with Gasteiger partial charge < -0.3 is 20.1 Å². The van der Waals surface area contributed by atoms with E-state index in [1.807, 2.05) is 0 Å². The Morgan fingerprint density at radius 1 is 0.450 bits per heavy atom. The first-order valence-electron chi connectivity index (χ1n) is 26.0. The largest absolute Gasteiger partial charge is 0.472 e. The predicted octanol–water partition coefficient (Wildman–Crippen LogP) is 15.2. The number of amides is 1. The Balaban J connectivity index is 3.50. The number of ether oxygens (including phenoxy) is 1. The van der Waals surface area contributed by atoms with Crippen LogP contribution in [0.5, 0.6) is 0 Å². The van der Waals surface area contributed by atoms with Crippen molar-refractivity contribution in [3.8, 4) is 0 Å². The minimum absolute atomic E-state index is 0.0888. The molecular weight excluding hydrogens is 774 g/mol. The minimum atomic E-state index is -4.41. The van der Waals surface area contributed by atoms with E-state index in [0.717, 1.165) is 38.5 Å². The Labute approximate surface area is 371 Å². The van der Waals surface area contributed by atoms with Crippen LogP contribution in [0.15, 0.2) is 0 Å². The Morgan fingerprint density at radius 2 is 0.750 bits per heavy atom. The minimum Gasteiger partial charge on any atom is -0.463 e. The molecule has 0 fully saturated rings.